The van der Waals surface area contributed by atoms with E-state index >= 15 is 0 Å². The second-order valence-corrected chi connectivity index (χ2v) is 6.34. The SMILES string of the molecule is CCNC(c1ccccc1)C(C)N1CCCCCC1CC. The molecule has 0 saturated carbocycles. The first-order valence-electron chi connectivity index (χ1n) is 8.82. The summed E-state index contributed by atoms with van der Waals surface area (Å²) in [6.07, 6.45) is 6.80. The molecule has 0 aromatic heterocycles. The van der Waals surface area contributed by atoms with Gasteiger partial charge >= 0.3 is 0 Å². The van der Waals surface area contributed by atoms with Crippen LogP contribution in [0.3, 0.4) is 0 Å². The van der Waals surface area contributed by atoms with Crippen molar-refractivity contribution < 1.29 is 0 Å². The van der Waals surface area contributed by atoms with Gasteiger partial charge in [0.1, 0.15) is 0 Å². The van der Waals surface area contributed by atoms with E-state index < -0.39 is 0 Å². The molecule has 21 heavy (non-hydrogen) atoms. The van der Waals surface area contributed by atoms with Gasteiger partial charge in [0.25, 0.3) is 0 Å². The van der Waals surface area contributed by atoms with Gasteiger partial charge in [-0.2, -0.15) is 0 Å². The monoisotopic (exact) mass is 288 g/mol. The highest BCUT2D eigenvalue weighted by Crippen LogP contribution is 2.27. The summed E-state index contributed by atoms with van der Waals surface area (Å²) < 4.78 is 0. The average molecular weight is 288 g/mol. The van der Waals surface area contributed by atoms with Crippen LogP contribution in [0.4, 0.5) is 0 Å². The Bertz CT molecular complexity index is 390. The van der Waals surface area contributed by atoms with Crippen molar-refractivity contribution >= 4 is 0 Å². The molecule has 0 radical (unpaired) electrons. The van der Waals surface area contributed by atoms with E-state index in [1.807, 2.05) is 0 Å². The minimum Gasteiger partial charge on any atom is -0.309 e. The number of likely N-dealkylation sites (N-methyl/N-ethyl adjacent to an activating group) is 1. The lowest BCUT2D eigenvalue weighted by atomic mass is 9.96. The lowest BCUT2D eigenvalue weighted by Crippen LogP contribution is -2.47. The number of nitrogens with one attached hydrogen (secondary N) is 1. The molecule has 1 aromatic carbocycles. The van der Waals surface area contributed by atoms with Crippen LogP contribution in [0.5, 0.6) is 0 Å². The fourth-order valence-electron chi connectivity index (χ4n) is 3.81. The van der Waals surface area contributed by atoms with Gasteiger partial charge in [-0.3, -0.25) is 4.90 Å². The van der Waals surface area contributed by atoms with E-state index in [9.17, 15) is 0 Å². The smallest absolute Gasteiger partial charge is 0.0475 e. The maximum Gasteiger partial charge on any atom is 0.0475 e. The van der Waals surface area contributed by atoms with Crippen molar-refractivity contribution in [2.24, 2.45) is 0 Å². The van der Waals surface area contributed by atoms with E-state index in [4.69, 9.17) is 0 Å². The fraction of sp³-hybridized carbons (Fsp3) is 0.684. The highest BCUT2D eigenvalue weighted by Gasteiger charge is 2.29. The second kappa shape index (κ2) is 8.55. The number of rotatable bonds is 6. The molecule has 0 aliphatic carbocycles. The van der Waals surface area contributed by atoms with E-state index in [1.54, 1.807) is 0 Å². The largest absolute Gasteiger partial charge is 0.309 e. The molecule has 1 aliphatic rings. The first-order chi connectivity index (χ1) is 10.3. The first kappa shape index (κ1) is 16.5. The van der Waals surface area contributed by atoms with Crippen molar-refractivity contribution in [1.82, 2.24) is 10.2 Å². The minimum absolute atomic E-state index is 0.434. The standard InChI is InChI=1S/C19H32N2/c1-4-18-14-10-7-11-15-21(18)16(3)19(20-5-2)17-12-8-6-9-13-17/h6,8-9,12-13,16,18-20H,4-5,7,10-11,14-15H2,1-3H3. The van der Waals surface area contributed by atoms with Crippen LogP contribution in [0, 0.1) is 0 Å². The molecular formula is C19H32N2. The summed E-state index contributed by atoms with van der Waals surface area (Å²) in [4.78, 5) is 2.77. The maximum absolute atomic E-state index is 3.72. The minimum atomic E-state index is 0.434. The summed E-state index contributed by atoms with van der Waals surface area (Å²) >= 11 is 0. The quantitative estimate of drug-likeness (QED) is 0.835. The Labute approximate surface area is 130 Å². The lowest BCUT2D eigenvalue weighted by Gasteiger charge is -2.39. The molecule has 3 unspecified atom stereocenters. The Kier molecular flexibility index (Phi) is 6.72. The van der Waals surface area contributed by atoms with Crippen molar-refractivity contribution in [2.45, 2.75) is 71.0 Å². The number of hydrogen-bond donors (Lipinski definition) is 1. The molecule has 1 aromatic rings. The Morgan fingerprint density at radius 1 is 1.14 bits per heavy atom. The molecule has 2 heteroatoms. The van der Waals surface area contributed by atoms with Gasteiger partial charge in [0.2, 0.25) is 0 Å². The number of likely N-dealkylation sites (tertiary alicyclic amines) is 1. The van der Waals surface area contributed by atoms with Gasteiger partial charge in [-0.25, -0.2) is 0 Å². The van der Waals surface area contributed by atoms with Crippen LogP contribution < -0.4 is 5.32 Å². The van der Waals surface area contributed by atoms with Crippen LogP contribution in [0.25, 0.3) is 0 Å². The first-order valence-corrected chi connectivity index (χ1v) is 8.82. The number of hydrogen-bond acceptors (Lipinski definition) is 2. The van der Waals surface area contributed by atoms with E-state index in [-0.39, 0.29) is 0 Å². The third-order valence-corrected chi connectivity index (χ3v) is 4.98. The lowest BCUT2D eigenvalue weighted by molar-refractivity contribution is 0.114. The summed E-state index contributed by atoms with van der Waals surface area (Å²) in [6, 6.07) is 12.7. The normalized spacial score (nSPS) is 23.5. The van der Waals surface area contributed by atoms with Crippen LogP contribution >= 0.6 is 0 Å². The Morgan fingerprint density at radius 2 is 1.90 bits per heavy atom. The molecule has 3 atom stereocenters. The molecule has 0 amide bonds. The summed E-state index contributed by atoms with van der Waals surface area (Å²) in [6.45, 7) is 9.25. The van der Waals surface area contributed by atoms with Crippen molar-refractivity contribution in [3.63, 3.8) is 0 Å². The Balaban J connectivity index is 2.17. The molecule has 0 bridgehead atoms. The summed E-state index contributed by atoms with van der Waals surface area (Å²) in [5.41, 5.74) is 1.42. The van der Waals surface area contributed by atoms with E-state index in [2.05, 4.69) is 61.3 Å². The molecular weight excluding hydrogens is 256 g/mol. The number of nitrogens with zero attached hydrogens (tertiary/aromatic N) is 1. The predicted octanol–water partition coefficient (Wildman–Crippen LogP) is 4.38. The predicted molar refractivity (Wildman–Crippen MR) is 91.6 cm³/mol. The highest BCUT2D eigenvalue weighted by atomic mass is 15.2. The van der Waals surface area contributed by atoms with E-state index in [0.717, 1.165) is 12.6 Å². The molecule has 1 N–H and O–H groups in total. The molecule has 1 saturated heterocycles. The van der Waals surface area contributed by atoms with Gasteiger partial charge in [-0.1, -0.05) is 57.0 Å². The van der Waals surface area contributed by atoms with Crippen molar-refractivity contribution in [1.29, 1.82) is 0 Å². The zero-order valence-electron chi connectivity index (χ0n) is 14.0. The highest BCUT2D eigenvalue weighted by molar-refractivity contribution is 5.20. The van der Waals surface area contributed by atoms with Gasteiger partial charge in [0, 0.05) is 18.1 Å². The molecule has 2 nitrogen and oxygen atoms in total. The van der Waals surface area contributed by atoms with Crippen LogP contribution in [-0.4, -0.2) is 30.1 Å². The van der Waals surface area contributed by atoms with Crippen molar-refractivity contribution in [2.75, 3.05) is 13.1 Å². The van der Waals surface area contributed by atoms with Gasteiger partial charge < -0.3 is 5.32 Å². The van der Waals surface area contributed by atoms with Crippen molar-refractivity contribution in [3.8, 4) is 0 Å². The summed E-state index contributed by atoms with van der Waals surface area (Å²) in [5.74, 6) is 0. The van der Waals surface area contributed by atoms with Gasteiger partial charge in [0.15, 0.2) is 0 Å². The van der Waals surface area contributed by atoms with Gasteiger partial charge in [-0.15, -0.1) is 0 Å². The van der Waals surface area contributed by atoms with Crippen LogP contribution in [0.15, 0.2) is 30.3 Å². The molecule has 0 spiro atoms. The zero-order chi connectivity index (χ0) is 15.1. The Hall–Kier alpha value is -0.860. The topological polar surface area (TPSA) is 15.3 Å². The van der Waals surface area contributed by atoms with E-state index in [1.165, 1.54) is 44.2 Å². The average Bonchev–Trinajstić information content (AvgIpc) is 2.78. The van der Waals surface area contributed by atoms with Crippen LogP contribution in [-0.2, 0) is 0 Å². The van der Waals surface area contributed by atoms with Gasteiger partial charge in [-0.05, 0) is 44.8 Å². The zero-order valence-corrected chi connectivity index (χ0v) is 14.0. The second-order valence-electron chi connectivity index (χ2n) is 6.34. The summed E-state index contributed by atoms with van der Waals surface area (Å²) in [7, 11) is 0. The molecule has 1 fully saturated rings. The van der Waals surface area contributed by atoms with E-state index in [0.29, 0.717) is 12.1 Å². The molecule has 118 valence electrons. The molecule has 1 heterocycles. The summed E-state index contributed by atoms with van der Waals surface area (Å²) in [5, 5.41) is 3.72. The van der Waals surface area contributed by atoms with Gasteiger partial charge in [0.05, 0.1) is 0 Å². The van der Waals surface area contributed by atoms with Crippen LogP contribution in [0.1, 0.15) is 64.5 Å². The number of benzene rings is 1. The van der Waals surface area contributed by atoms with Crippen molar-refractivity contribution in [3.05, 3.63) is 35.9 Å². The van der Waals surface area contributed by atoms with Crippen LogP contribution in [0.2, 0.25) is 0 Å². The third-order valence-electron chi connectivity index (χ3n) is 4.98. The maximum atomic E-state index is 3.72. The fourth-order valence-corrected chi connectivity index (χ4v) is 3.81. The molecule has 2 rings (SSSR count). The third kappa shape index (κ3) is 4.31. The Morgan fingerprint density at radius 3 is 2.57 bits per heavy atom. The molecule has 1 aliphatic heterocycles.